The summed E-state index contributed by atoms with van der Waals surface area (Å²) in [7, 11) is 0. The summed E-state index contributed by atoms with van der Waals surface area (Å²) in [6, 6.07) is 18.8. The molecule has 0 saturated heterocycles. The van der Waals surface area contributed by atoms with Crippen LogP contribution in [0.4, 0.5) is 0 Å². The number of fused-ring (bicyclic) bond motifs is 1. The molecular formula is C21H14N2O2. The Bertz CT molecular complexity index is 1010. The van der Waals surface area contributed by atoms with E-state index in [1.54, 1.807) is 0 Å². The highest BCUT2D eigenvalue weighted by atomic mass is 16.2. The van der Waals surface area contributed by atoms with Gasteiger partial charge in [-0.1, -0.05) is 60.2 Å². The molecular weight excluding hydrogens is 312 g/mol. The first-order chi connectivity index (χ1) is 12.1. The number of carbonyl (C=O) groups is 2. The van der Waals surface area contributed by atoms with Gasteiger partial charge in [0.1, 0.15) is 5.92 Å². The molecule has 1 heterocycles. The molecule has 0 saturated carbocycles. The van der Waals surface area contributed by atoms with E-state index in [9.17, 15) is 14.9 Å². The van der Waals surface area contributed by atoms with Crippen molar-refractivity contribution in [2.24, 2.45) is 5.92 Å². The van der Waals surface area contributed by atoms with Crippen LogP contribution in [0.5, 0.6) is 0 Å². The molecule has 120 valence electrons. The zero-order chi connectivity index (χ0) is 17.6. The summed E-state index contributed by atoms with van der Waals surface area (Å²) in [5, 5.41) is 12.4. The van der Waals surface area contributed by atoms with Gasteiger partial charge in [0, 0.05) is 0 Å². The first-order valence-electron chi connectivity index (χ1n) is 7.98. The van der Waals surface area contributed by atoms with Crippen LogP contribution in [0.25, 0.3) is 11.3 Å². The number of amides is 1. The van der Waals surface area contributed by atoms with Crippen LogP contribution in [0.15, 0.2) is 65.7 Å². The molecule has 4 nitrogen and oxygen atoms in total. The van der Waals surface area contributed by atoms with Gasteiger partial charge in [-0.25, -0.2) is 0 Å². The van der Waals surface area contributed by atoms with E-state index < -0.39 is 5.92 Å². The first-order valence-corrected chi connectivity index (χ1v) is 7.98. The largest absolute Gasteiger partial charge is 0.321 e. The molecule has 1 unspecified atom stereocenters. The van der Waals surface area contributed by atoms with E-state index in [2.05, 4.69) is 11.4 Å². The summed E-state index contributed by atoms with van der Waals surface area (Å²) in [6.07, 6.45) is 0. The Hall–Kier alpha value is -3.45. The van der Waals surface area contributed by atoms with E-state index in [4.69, 9.17) is 0 Å². The van der Waals surface area contributed by atoms with Gasteiger partial charge in [-0.3, -0.25) is 9.59 Å². The molecule has 1 aliphatic carbocycles. The van der Waals surface area contributed by atoms with Gasteiger partial charge >= 0.3 is 0 Å². The van der Waals surface area contributed by atoms with Crippen LogP contribution in [0.3, 0.4) is 0 Å². The smallest absolute Gasteiger partial charge is 0.256 e. The van der Waals surface area contributed by atoms with Gasteiger partial charge in [0.25, 0.3) is 5.91 Å². The van der Waals surface area contributed by atoms with Crippen LogP contribution in [0.2, 0.25) is 0 Å². The van der Waals surface area contributed by atoms with Crippen LogP contribution >= 0.6 is 0 Å². The van der Waals surface area contributed by atoms with E-state index >= 15 is 0 Å². The molecule has 1 amide bonds. The number of aryl methyl sites for hydroxylation is 1. The normalized spacial score (nSPS) is 19.1. The second-order valence-electron chi connectivity index (χ2n) is 6.15. The molecule has 2 aromatic rings. The predicted octanol–water partition coefficient (Wildman–Crippen LogP) is 3.01. The third-order valence-electron chi connectivity index (χ3n) is 4.59. The second kappa shape index (κ2) is 5.57. The van der Waals surface area contributed by atoms with E-state index in [0.29, 0.717) is 22.4 Å². The first kappa shape index (κ1) is 15.1. The molecule has 0 fully saturated rings. The number of ketones is 1. The van der Waals surface area contributed by atoms with Crippen molar-refractivity contribution in [1.82, 2.24) is 5.32 Å². The van der Waals surface area contributed by atoms with E-state index in [1.165, 1.54) is 0 Å². The van der Waals surface area contributed by atoms with Crippen molar-refractivity contribution in [3.8, 4) is 6.07 Å². The summed E-state index contributed by atoms with van der Waals surface area (Å²) < 4.78 is 0. The van der Waals surface area contributed by atoms with Gasteiger partial charge < -0.3 is 5.32 Å². The van der Waals surface area contributed by atoms with Gasteiger partial charge in [0.15, 0.2) is 5.78 Å². The third-order valence-corrected chi connectivity index (χ3v) is 4.59. The van der Waals surface area contributed by atoms with E-state index in [-0.39, 0.29) is 11.7 Å². The lowest BCUT2D eigenvalue weighted by atomic mass is 9.93. The Balaban J connectivity index is 1.98. The molecule has 0 spiro atoms. The number of Topliss-reactive ketones (excluding diaryl/α,β-unsaturated/α-hetero) is 1. The van der Waals surface area contributed by atoms with Crippen LogP contribution in [-0.4, -0.2) is 11.7 Å². The molecule has 4 rings (SSSR count). The van der Waals surface area contributed by atoms with Crippen LogP contribution in [0.1, 0.15) is 16.7 Å². The lowest BCUT2D eigenvalue weighted by molar-refractivity contribution is -0.117. The lowest BCUT2D eigenvalue weighted by Crippen LogP contribution is -2.18. The average molecular weight is 326 g/mol. The van der Waals surface area contributed by atoms with Crippen molar-refractivity contribution in [2.45, 2.75) is 6.92 Å². The van der Waals surface area contributed by atoms with Gasteiger partial charge in [-0.05, 0) is 23.6 Å². The number of nitrogens with zero attached hydrogens (tertiary/aromatic N) is 1. The lowest BCUT2D eigenvalue weighted by Gasteiger charge is -2.09. The third kappa shape index (κ3) is 2.21. The van der Waals surface area contributed by atoms with Gasteiger partial charge in [0.05, 0.1) is 22.9 Å². The number of rotatable bonds is 2. The summed E-state index contributed by atoms with van der Waals surface area (Å²) in [4.78, 5) is 25.5. The van der Waals surface area contributed by atoms with Gasteiger partial charge in [0.2, 0.25) is 0 Å². The number of nitrogens with one attached hydrogen (secondary N) is 1. The Labute approximate surface area is 145 Å². The molecule has 1 aliphatic heterocycles. The Morgan fingerprint density at radius 1 is 0.920 bits per heavy atom. The Kier molecular flexibility index (Phi) is 3.36. The number of benzene rings is 2. The van der Waals surface area contributed by atoms with Crippen LogP contribution in [0, 0.1) is 24.2 Å². The summed E-state index contributed by atoms with van der Waals surface area (Å²) in [6.45, 7) is 1.96. The van der Waals surface area contributed by atoms with Crippen LogP contribution < -0.4 is 5.32 Å². The molecule has 0 bridgehead atoms. The van der Waals surface area contributed by atoms with Gasteiger partial charge in [-0.2, -0.15) is 5.26 Å². The van der Waals surface area contributed by atoms with Crippen molar-refractivity contribution in [2.75, 3.05) is 0 Å². The maximum absolute atomic E-state index is 12.9. The molecule has 4 heteroatoms. The number of hydrogen-bond acceptors (Lipinski definition) is 3. The molecule has 1 N–H and O–H groups in total. The zero-order valence-corrected chi connectivity index (χ0v) is 13.5. The molecule has 25 heavy (non-hydrogen) atoms. The fourth-order valence-corrected chi connectivity index (χ4v) is 3.39. The van der Waals surface area contributed by atoms with E-state index in [1.807, 2.05) is 61.5 Å². The summed E-state index contributed by atoms with van der Waals surface area (Å²) in [5.74, 6) is -1.58. The Morgan fingerprint density at radius 2 is 1.60 bits per heavy atom. The maximum atomic E-state index is 12.9. The highest BCUT2D eigenvalue weighted by molar-refractivity contribution is 6.33. The van der Waals surface area contributed by atoms with Crippen molar-refractivity contribution in [3.63, 3.8) is 0 Å². The summed E-state index contributed by atoms with van der Waals surface area (Å²) in [5.41, 5.74) is 4.23. The quantitative estimate of drug-likeness (QED) is 0.922. The molecule has 2 aliphatic rings. The highest BCUT2D eigenvalue weighted by Crippen LogP contribution is 2.45. The predicted molar refractivity (Wildman–Crippen MR) is 93.7 cm³/mol. The van der Waals surface area contributed by atoms with Crippen molar-refractivity contribution >= 4 is 23.0 Å². The average Bonchev–Trinajstić information content (AvgIpc) is 3.12. The second-order valence-corrected chi connectivity index (χ2v) is 6.15. The van der Waals surface area contributed by atoms with Crippen LogP contribution in [-0.2, 0) is 9.59 Å². The minimum Gasteiger partial charge on any atom is -0.321 e. The van der Waals surface area contributed by atoms with Crippen molar-refractivity contribution in [3.05, 3.63) is 82.4 Å². The standard InChI is InChI=1S/C21H14N2O2/c1-12-7-9-13(10-8-12)16-15(11-22)20(24)18-17(16)21(25)23-19(18)14-5-3-2-4-6-14/h2-10,15H,1H3,(H,23,25). The fraction of sp³-hybridized carbons (Fsp3) is 0.0952. The monoisotopic (exact) mass is 326 g/mol. The molecule has 0 aromatic heterocycles. The number of hydrogen-bond donors (Lipinski definition) is 1. The number of nitriles is 1. The summed E-state index contributed by atoms with van der Waals surface area (Å²) >= 11 is 0. The van der Waals surface area contributed by atoms with Gasteiger partial charge in [-0.15, -0.1) is 0 Å². The number of allylic oxidation sites excluding steroid dienone is 1. The molecule has 2 aromatic carbocycles. The Morgan fingerprint density at radius 3 is 2.24 bits per heavy atom. The van der Waals surface area contributed by atoms with Crippen molar-refractivity contribution < 1.29 is 9.59 Å². The highest BCUT2D eigenvalue weighted by Gasteiger charge is 2.46. The fourth-order valence-electron chi connectivity index (χ4n) is 3.39. The van der Waals surface area contributed by atoms with E-state index in [0.717, 1.165) is 16.7 Å². The maximum Gasteiger partial charge on any atom is 0.256 e. The minimum atomic E-state index is -0.947. The zero-order valence-electron chi connectivity index (χ0n) is 13.5. The minimum absolute atomic E-state index is 0.315. The number of carbonyl (C=O) groups excluding carboxylic acids is 2. The SMILES string of the molecule is Cc1ccc(C2=C3C(=O)NC(c4ccccc4)=C3C(=O)C2C#N)cc1. The molecule has 1 atom stereocenters. The topological polar surface area (TPSA) is 70.0 Å². The molecule has 0 radical (unpaired) electrons. The van der Waals surface area contributed by atoms with Crippen molar-refractivity contribution in [1.29, 1.82) is 5.26 Å².